The van der Waals surface area contributed by atoms with E-state index in [0.29, 0.717) is 21.0 Å². The van der Waals surface area contributed by atoms with Crippen LogP contribution in [0, 0.1) is 0 Å². The zero-order chi connectivity index (χ0) is 25.7. The summed E-state index contributed by atoms with van der Waals surface area (Å²) in [5, 5.41) is 2.99. The Morgan fingerprint density at radius 2 is 0.917 bits per heavy atom. The van der Waals surface area contributed by atoms with Crippen LogP contribution in [0.3, 0.4) is 0 Å². The summed E-state index contributed by atoms with van der Waals surface area (Å²) in [5.74, 6) is 1.64. The van der Waals surface area contributed by atoms with Crippen LogP contribution in [0.5, 0.6) is 0 Å². The number of rotatable bonds is 9. The summed E-state index contributed by atoms with van der Waals surface area (Å²) in [6.45, 7) is 14.2. The van der Waals surface area contributed by atoms with Gasteiger partial charge in [-0.3, -0.25) is 0 Å². The van der Waals surface area contributed by atoms with E-state index in [1.54, 1.807) is 14.2 Å². The van der Waals surface area contributed by atoms with Gasteiger partial charge in [0.05, 0.1) is 0 Å². The average Bonchev–Trinajstić information content (AvgIpc) is 2.89. The fraction of sp³-hybridized carbons (Fsp3) is 0.294. The van der Waals surface area contributed by atoms with Gasteiger partial charge in [-0.2, -0.15) is 0 Å². The van der Waals surface area contributed by atoms with Crippen LogP contribution >= 0.6 is 7.92 Å². The van der Waals surface area contributed by atoms with Gasteiger partial charge in [0.2, 0.25) is 0 Å². The molecule has 4 rings (SSSR count). The first-order chi connectivity index (χ1) is 17.4. The molecule has 0 aliphatic heterocycles. The Hall–Kier alpha value is -1.77. The summed E-state index contributed by atoms with van der Waals surface area (Å²) >= 11 is -1.38. The van der Waals surface area contributed by atoms with Gasteiger partial charge in [-0.05, 0) is 0 Å². The van der Waals surface area contributed by atoms with E-state index in [9.17, 15) is 0 Å². The van der Waals surface area contributed by atoms with E-state index in [2.05, 4.69) is 145 Å². The summed E-state index contributed by atoms with van der Waals surface area (Å²) in [6, 6.07) is 39.2. The van der Waals surface area contributed by atoms with Crippen LogP contribution in [0.4, 0.5) is 0 Å². The van der Waals surface area contributed by atoms with Crippen LogP contribution in [0.1, 0.15) is 84.8 Å². The number of hydrogen-bond acceptors (Lipinski definition) is 0. The summed E-state index contributed by atoms with van der Waals surface area (Å²) in [7, 11) is -0.511. The summed E-state index contributed by atoms with van der Waals surface area (Å²) in [4.78, 5) is 0. The molecule has 4 aromatic carbocycles. The Labute approximate surface area is 232 Å². The van der Waals surface area contributed by atoms with Crippen molar-refractivity contribution >= 4 is 45.9 Å². The summed E-state index contributed by atoms with van der Waals surface area (Å²) in [5.41, 5.74) is 6.26. The van der Waals surface area contributed by atoms with Gasteiger partial charge in [0.15, 0.2) is 0 Å². The van der Waals surface area contributed by atoms with Gasteiger partial charge in [-0.1, -0.05) is 0 Å². The van der Waals surface area contributed by atoms with Crippen molar-refractivity contribution in [3.8, 4) is 0 Å². The summed E-state index contributed by atoms with van der Waals surface area (Å²) < 4.78 is 2.35. The van der Waals surface area contributed by atoms with Gasteiger partial charge in [0.25, 0.3) is 0 Å². The molecule has 0 aliphatic carbocycles. The Morgan fingerprint density at radius 3 is 1.31 bits per heavy atom. The fourth-order valence-electron chi connectivity index (χ4n) is 4.82. The van der Waals surface area contributed by atoms with Gasteiger partial charge in [0, 0.05) is 0 Å². The molecular weight excluding hydrogens is 647 g/mol. The predicted octanol–water partition coefficient (Wildman–Crippen LogP) is 8.22. The molecule has 184 valence electrons. The second-order valence-electron chi connectivity index (χ2n) is 10.5. The zero-order valence-electron chi connectivity index (χ0n) is 22.6. The fourth-order valence-corrected chi connectivity index (χ4v) is 20.0. The van der Waals surface area contributed by atoms with Crippen LogP contribution in [0.2, 0.25) is 0 Å². The van der Waals surface area contributed by atoms with Crippen LogP contribution in [-0.2, 0) is 0 Å². The molecule has 1 atom stereocenters. The summed E-state index contributed by atoms with van der Waals surface area (Å²) in [6.07, 6.45) is 0. The van der Waals surface area contributed by atoms with Crippen molar-refractivity contribution in [2.75, 3.05) is 0 Å². The van der Waals surface area contributed by atoms with Gasteiger partial charge in [-0.15, -0.1) is 0 Å². The van der Waals surface area contributed by atoms with Crippen LogP contribution in [0.15, 0.2) is 103 Å². The third kappa shape index (κ3) is 6.37. The van der Waals surface area contributed by atoms with Crippen LogP contribution < -0.4 is 13.7 Å². The monoisotopic (exact) mass is 686 g/mol. The van der Waals surface area contributed by atoms with E-state index in [1.165, 1.54) is 21.7 Å². The minimum atomic E-state index is -1.38. The second-order valence-corrected chi connectivity index (χ2v) is 20.0. The Kier molecular flexibility index (Phi) is 9.59. The molecule has 0 saturated carbocycles. The van der Waals surface area contributed by atoms with Gasteiger partial charge >= 0.3 is 234 Å². The quantitative estimate of drug-likeness (QED) is 0.123. The van der Waals surface area contributed by atoms with E-state index < -0.39 is 32.2 Å². The first kappa shape index (κ1) is 27.3. The molecule has 0 fully saturated rings. The normalized spacial score (nSPS) is 12.6. The molecule has 0 aromatic heterocycles. The molecule has 2 radical (unpaired) electrons. The van der Waals surface area contributed by atoms with Crippen molar-refractivity contribution in [2.24, 2.45) is 0 Å². The second kappa shape index (κ2) is 12.7. The maximum absolute atomic E-state index is 2.55. The number of benzene rings is 4. The molecule has 0 aliphatic rings. The molecule has 0 saturated heterocycles. The number of hydrogen-bond donors (Lipinski definition) is 0. The molecular formula is C34H39PPb. The topological polar surface area (TPSA) is 0 Å². The first-order valence-electron chi connectivity index (χ1n) is 13.2. The molecule has 0 spiro atoms. The van der Waals surface area contributed by atoms with Crippen molar-refractivity contribution in [2.45, 2.75) is 62.5 Å². The molecule has 36 heavy (non-hydrogen) atoms. The maximum atomic E-state index is 2.55. The van der Waals surface area contributed by atoms with Crippen molar-refractivity contribution in [3.63, 3.8) is 0 Å². The molecule has 0 bridgehead atoms. The Balaban J connectivity index is 1.95. The van der Waals surface area contributed by atoms with Crippen molar-refractivity contribution in [1.29, 1.82) is 0 Å². The SMILES string of the molecule is CC(C)c1cc(C(C)C)[c]([Pb][C@@H](c2ccccc2)P(c2ccccc2)c2ccccc2)c(C(C)C)c1. The standard InChI is InChI=1S/C19H16P.C15H23.Pb/c1-4-10-17(11-5-1)16-20(18-12-6-2-7-13-18)19-14-8-3-9-15-19;1-10(2)13-7-14(11(3)4)9-15(8-13)12(5)6;/h1-16H;7-8,10-12H,1-6H3;. The molecule has 0 nitrogen and oxygen atoms in total. The zero-order valence-corrected chi connectivity index (χ0v) is 27.4. The van der Waals surface area contributed by atoms with E-state index in [-0.39, 0.29) is 0 Å². The van der Waals surface area contributed by atoms with Crippen molar-refractivity contribution < 1.29 is 0 Å². The Bertz CT molecular complexity index is 1160. The molecule has 0 N–H and O–H groups in total. The van der Waals surface area contributed by atoms with Gasteiger partial charge in [0.1, 0.15) is 0 Å². The third-order valence-corrected chi connectivity index (χ3v) is 19.2. The molecule has 0 amide bonds. The molecule has 2 heteroatoms. The van der Waals surface area contributed by atoms with E-state index in [4.69, 9.17) is 0 Å². The van der Waals surface area contributed by atoms with Crippen LogP contribution in [0.25, 0.3) is 0 Å². The van der Waals surface area contributed by atoms with Gasteiger partial charge < -0.3 is 0 Å². The molecule has 0 unspecified atom stereocenters. The van der Waals surface area contributed by atoms with E-state index >= 15 is 0 Å². The molecule has 4 aromatic rings. The predicted molar refractivity (Wildman–Crippen MR) is 162 cm³/mol. The van der Waals surface area contributed by atoms with Crippen LogP contribution in [-0.4, -0.2) is 24.2 Å². The minimum absolute atomic E-state index is 0.511. The van der Waals surface area contributed by atoms with Crippen molar-refractivity contribution in [1.82, 2.24) is 0 Å². The molecule has 0 heterocycles. The third-order valence-electron chi connectivity index (χ3n) is 6.86. The first-order valence-corrected chi connectivity index (χ1v) is 18.8. The van der Waals surface area contributed by atoms with E-state index in [1.807, 2.05) is 0 Å². The van der Waals surface area contributed by atoms with Crippen molar-refractivity contribution in [3.05, 3.63) is 125 Å². The van der Waals surface area contributed by atoms with E-state index in [0.717, 1.165) is 0 Å². The van der Waals surface area contributed by atoms with Gasteiger partial charge in [-0.25, -0.2) is 0 Å². The average molecular weight is 686 g/mol. The Morgan fingerprint density at radius 1 is 0.500 bits per heavy atom.